The second-order valence-corrected chi connectivity index (χ2v) is 5.38. The standard InChI is InChI=1S/C18H16O3/c19-17(16-11-13-5-1-2-9-15(13)21-16)14-8-3-6-12-7-4-10-20-18(12)14/h1-3,5-6,8-9,11,17,19H,4,7,10H2. The molecule has 2 heterocycles. The number of hydrogen-bond acceptors (Lipinski definition) is 3. The Morgan fingerprint density at radius 3 is 2.86 bits per heavy atom. The molecule has 0 aliphatic carbocycles. The molecule has 3 heteroatoms. The van der Waals surface area contributed by atoms with Gasteiger partial charge < -0.3 is 14.3 Å². The maximum atomic E-state index is 10.7. The first-order chi connectivity index (χ1) is 10.3. The molecule has 1 unspecified atom stereocenters. The quantitative estimate of drug-likeness (QED) is 0.775. The number of hydrogen-bond donors (Lipinski definition) is 1. The molecule has 3 nitrogen and oxygen atoms in total. The number of fused-ring (bicyclic) bond motifs is 2. The molecular weight excluding hydrogens is 264 g/mol. The van der Waals surface area contributed by atoms with E-state index in [4.69, 9.17) is 9.15 Å². The zero-order chi connectivity index (χ0) is 14.2. The van der Waals surface area contributed by atoms with Crippen LogP contribution < -0.4 is 4.74 Å². The van der Waals surface area contributed by atoms with Crippen molar-refractivity contribution in [2.45, 2.75) is 18.9 Å². The van der Waals surface area contributed by atoms with Gasteiger partial charge >= 0.3 is 0 Å². The number of aliphatic hydroxyl groups excluding tert-OH is 1. The first kappa shape index (κ1) is 12.5. The summed E-state index contributed by atoms with van der Waals surface area (Å²) in [4.78, 5) is 0. The zero-order valence-corrected chi connectivity index (χ0v) is 11.6. The summed E-state index contributed by atoms with van der Waals surface area (Å²) in [5, 5.41) is 11.7. The number of ether oxygens (including phenoxy) is 1. The number of rotatable bonds is 2. The van der Waals surface area contributed by atoms with E-state index in [1.54, 1.807) is 0 Å². The molecule has 0 saturated carbocycles. The van der Waals surface area contributed by atoms with Crippen molar-refractivity contribution in [3.63, 3.8) is 0 Å². The van der Waals surface area contributed by atoms with Crippen LogP contribution in [0.4, 0.5) is 0 Å². The van der Waals surface area contributed by atoms with Crippen LogP contribution in [0.1, 0.15) is 29.4 Å². The number of benzene rings is 2. The molecule has 4 rings (SSSR count). The molecule has 1 atom stereocenters. The fraction of sp³-hybridized carbons (Fsp3) is 0.222. The maximum absolute atomic E-state index is 10.7. The van der Waals surface area contributed by atoms with Gasteiger partial charge in [-0.3, -0.25) is 0 Å². The van der Waals surface area contributed by atoms with E-state index in [2.05, 4.69) is 6.07 Å². The molecule has 0 saturated heterocycles. The summed E-state index contributed by atoms with van der Waals surface area (Å²) in [6.45, 7) is 0.705. The van der Waals surface area contributed by atoms with E-state index in [1.807, 2.05) is 42.5 Å². The molecule has 0 bridgehead atoms. The molecule has 1 aliphatic rings. The van der Waals surface area contributed by atoms with Crippen LogP contribution in [0.3, 0.4) is 0 Å². The van der Waals surface area contributed by atoms with Crippen molar-refractivity contribution in [3.8, 4) is 5.75 Å². The summed E-state index contributed by atoms with van der Waals surface area (Å²) in [5.74, 6) is 1.37. The second kappa shape index (κ2) is 4.93. The van der Waals surface area contributed by atoms with Gasteiger partial charge in [0, 0.05) is 10.9 Å². The Bertz CT molecular complexity index is 755. The molecule has 21 heavy (non-hydrogen) atoms. The summed E-state index contributed by atoms with van der Waals surface area (Å²) in [6, 6.07) is 15.6. The highest BCUT2D eigenvalue weighted by Gasteiger charge is 2.23. The first-order valence-electron chi connectivity index (χ1n) is 7.24. The molecule has 0 spiro atoms. The minimum atomic E-state index is -0.801. The number of para-hydroxylation sites is 2. The van der Waals surface area contributed by atoms with E-state index in [0.29, 0.717) is 12.4 Å². The third-order valence-electron chi connectivity index (χ3n) is 3.97. The Balaban J connectivity index is 1.79. The lowest BCUT2D eigenvalue weighted by molar-refractivity contribution is 0.182. The van der Waals surface area contributed by atoms with Crippen molar-refractivity contribution in [3.05, 3.63) is 65.4 Å². The Labute approximate surface area is 122 Å². The average molecular weight is 280 g/mol. The third kappa shape index (κ3) is 2.10. The van der Waals surface area contributed by atoms with Crippen molar-refractivity contribution >= 4 is 11.0 Å². The van der Waals surface area contributed by atoms with E-state index >= 15 is 0 Å². The van der Waals surface area contributed by atoms with Gasteiger partial charge in [0.05, 0.1) is 6.61 Å². The monoisotopic (exact) mass is 280 g/mol. The van der Waals surface area contributed by atoms with Gasteiger partial charge in [0.1, 0.15) is 23.2 Å². The van der Waals surface area contributed by atoms with Gasteiger partial charge in [-0.15, -0.1) is 0 Å². The molecule has 0 amide bonds. The minimum Gasteiger partial charge on any atom is -0.493 e. The summed E-state index contributed by atoms with van der Waals surface area (Å²) in [6.07, 6.45) is 1.22. The lowest BCUT2D eigenvalue weighted by Crippen LogP contribution is -2.12. The number of furan rings is 1. The van der Waals surface area contributed by atoms with Gasteiger partial charge in [-0.2, -0.15) is 0 Å². The van der Waals surface area contributed by atoms with Crippen molar-refractivity contribution in [2.24, 2.45) is 0 Å². The largest absolute Gasteiger partial charge is 0.493 e. The Kier molecular flexibility index (Phi) is 2.93. The van der Waals surface area contributed by atoms with Crippen LogP contribution in [-0.2, 0) is 6.42 Å². The lowest BCUT2D eigenvalue weighted by atomic mass is 9.98. The maximum Gasteiger partial charge on any atom is 0.140 e. The fourth-order valence-electron chi connectivity index (χ4n) is 2.92. The summed E-state index contributed by atoms with van der Waals surface area (Å²) < 4.78 is 11.5. The normalized spacial score (nSPS) is 15.5. The minimum absolute atomic E-state index is 0.554. The van der Waals surface area contributed by atoms with Crippen LogP contribution >= 0.6 is 0 Å². The molecule has 3 aromatic rings. The molecule has 0 radical (unpaired) electrons. The Morgan fingerprint density at radius 2 is 1.95 bits per heavy atom. The fourth-order valence-corrected chi connectivity index (χ4v) is 2.92. The van der Waals surface area contributed by atoms with E-state index in [-0.39, 0.29) is 0 Å². The topological polar surface area (TPSA) is 42.6 Å². The molecule has 106 valence electrons. The zero-order valence-electron chi connectivity index (χ0n) is 11.6. The van der Waals surface area contributed by atoms with Crippen LogP contribution in [0.25, 0.3) is 11.0 Å². The van der Waals surface area contributed by atoms with Gasteiger partial charge in [0.15, 0.2) is 0 Å². The van der Waals surface area contributed by atoms with Crippen molar-refractivity contribution in [2.75, 3.05) is 6.61 Å². The molecule has 1 aromatic heterocycles. The molecule has 2 aromatic carbocycles. The SMILES string of the molecule is OC(c1cc2ccccc2o1)c1cccc2c1OCCC2. The van der Waals surface area contributed by atoms with Crippen LogP contribution in [0.2, 0.25) is 0 Å². The average Bonchev–Trinajstić information content (AvgIpc) is 2.97. The number of aryl methyl sites for hydroxylation is 1. The summed E-state index contributed by atoms with van der Waals surface area (Å²) >= 11 is 0. The predicted octanol–water partition coefficient (Wildman–Crippen LogP) is 3.84. The van der Waals surface area contributed by atoms with Crippen LogP contribution in [0, 0.1) is 0 Å². The Hall–Kier alpha value is -2.26. The number of aliphatic hydroxyl groups is 1. The highest BCUT2D eigenvalue weighted by Crippen LogP contribution is 2.37. The van der Waals surface area contributed by atoms with Gasteiger partial charge in [-0.05, 0) is 30.5 Å². The molecule has 1 aliphatic heterocycles. The highest BCUT2D eigenvalue weighted by molar-refractivity contribution is 5.78. The molecule has 1 N–H and O–H groups in total. The van der Waals surface area contributed by atoms with Crippen molar-refractivity contribution in [1.29, 1.82) is 0 Å². The van der Waals surface area contributed by atoms with E-state index < -0.39 is 6.10 Å². The predicted molar refractivity (Wildman–Crippen MR) is 80.5 cm³/mol. The van der Waals surface area contributed by atoms with Crippen molar-refractivity contribution < 1.29 is 14.3 Å². The van der Waals surface area contributed by atoms with E-state index in [0.717, 1.165) is 40.7 Å². The van der Waals surface area contributed by atoms with E-state index in [9.17, 15) is 5.11 Å². The van der Waals surface area contributed by atoms with Crippen molar-refractivity contribution in [1.82, 2.24) is 0 Å². The molecule has 0 fully saturated rings. The van der Waals surface area contributed by atoms with Gasteiger partial charge in [0.2, 0.25) is 0 Å². The van der Waals surface area contributed by atoms with Gasteiger partial charge in [-0.25, -0.2) is 0 Å². The summed E-state index contributed by atoms with van der Waals surface area (Å²) in [7, 11) is 0. The van der Waals surface area contributed by atoms with Gasteiger partial charge in [0.25, 0.3) is 0 Å². The first-order valence-corrected chi connectivity index (χ1v) is 7.24. The van der Waals surface area contributed by atoms with Gasteiger partial charge in [-0.1, -0.05) is 36.4 Å². The summed E-state index contributed by atoms with van der Waals surface area (Å²) in [5.41, 5.74) is 2.73. The third-order valence-corrected chi connectivity index (χ3v) is 3.97. The van der Waals surface area contributed by atoms with Crippen LogP contribution in [0.15, 0.2) is 52.9 Å². The highest BCUT2D eigenvalue weighted by atomic mass is 16.5. The Morgan fingerprint density at radius 1 is 1.05 bits per heavy atom. The second-order valence-electron chi connectivity index (χ2n) is 5.38. The van der Waals surface area contributed by atoms with Crippen LogP contribution in [-0.4, -0.2) is 11.7 Å². The van der Waals surface area contributed by atoms with E-state index in [1.165, 1.54) is 0 Å². The smallest absolute Gasteiger partial charge is 0.140 e. The lowest BCUT2D eigenvalue weighted by Gasteiger charge is -2.22. The van der Waals surface area contributed by atoms with Crippen LogP contribution in [0.5, 0.6) is 5.75 Å². The molecular formula is C18H16O3.